The predicted molar refractivity (Wildman–Crippen MR) is 145 cm³/mol. The lowest BCUT2D eigenvalue weighted by atomic mass is 9.86. The summed E-state index contributed by atoms with van der Waals surface area (Å²) in [5.74, 6) is 2.55. The number of nitrogens with zero attached hydrogens (tertiary/aromatic N) is 3. The molecule has 2 aromatic heterocycles. The number of aliphatic hydroxyl groups is 1. The standard InChI is InChI=1S/C28H24Cl3N3O3/c1-16-4-2-7-24(32-16)34-14-28(35,15-34)20-11-10-18(12-23(20)31)36-13-19-26(33-37-27(19)17-8-9-17)25-21(29)5-3-6-22(25)30/h2-7,10-12,17,35H,8-9,13-15H2,1H3. The van der Waals surface area contributed by atoms with Crippen LogP contribution in [0.5, 0.6) is 5.75 Å². The second kappa shape index (κ2) is 9.52. The van der Waals surface area contributed by atoms with Crippen LogP contribution in [0.25, 0.3) is 11.3 Å². The highest BCUT2D eigenvalue weighted by molar-refractivity contribution is 6.39. The third-order valence-corrected chi connectivity index (χ3v) is 7.84. The van der Waals surface area contributed by atoms with Crippen molar-refractivity contribution in [3.05, 3.63) is 92.2 Å². The Bertz CT molecular complexity index is 1460. The number of halogens is 3. The summed E-state index contributed by atoms with van der Waals surface area (Å²) in [6.07, 6.45) is 2.10. The lowest BCUT2D eigenvalue weighted by molar-refractivity contribution is 0.00710. The van der Waals surface area contributed by atoms with Gasteiger partial charge in [0.05, 0.1) is 33.7 Å². The number of anilines is 1. The van der Waals surface area contributed by atoms with E-state index < -0.39 is 5.60 Å². The van der Waals surface area contributed by atoms with Gasteiger partial charge in [0.1, 0.15) is 35.2 Å². The van der Waals surface area contributed by atoms with Gasteiger partial charge in [0.25, 0.3) is 0 Å². The highest BCUT2D eigenvalue weighted by atomic mass is 35.5. The summed E-state index contributed by atoms with van der Waals surface area (Å²) in [4.78, 5) is 6.56. The van der Waals surface area contributed by atoms with Gasteiger partial charge in [-0.2, -0.15) is 0 Å². The average Bonchev–Trinajstić information content (AvgIpc) is 3.61. The molecular weight excluding hydrogens is 533 g/mol. The molecule has 0 radical (unpaired) electrons. The third kappa shape index (κ3) is 4.68. The Kier molecular flexibility index (Phi) is 6.32. The van der Waals surface area contributed by atoms with Crippen molar-refractivity contribution in [1.29, 1.82) is 0 Å². The molecule has 4 aromatic rings. The van der Waals surface area contributed by atoms with Gasteiger partial charge in [-0.15, -0.1) is 0 Å². The molecule has 1 aliphatic heterocycles. The van der Waals surface area contributed by atoms with Gasteiger partial charge in [-0.05, 0) is 56.2 Å². The number of β-amino-alcohol motifs (C(OH)–C–C–N with tert-alkyl or cyclic N) is 1. The molecule has 0 amide bonds. The minimum Gasteiger partial charge on any atom is -0.489 e. The minimum atomic E-state index is -1.05. The quantitative estimate of drug-likeness (QED) is 0.260. The van der Waals surface area contributed by atoms with Crippen molar-refractivity contribution in [2.45, 2.75) is 37.9 Å². The number of aryl methyl sites for hydroxylation is 1. The van der Waals surface area contributed by atoms with Crippen LogP contribution in [-0.4, -0.2) is 28.3 Å². The van der Waals surface area contributed by atoms with E-state index in [9.17, 15) is 5.11 Å². The first-order valence-corrected chi connectivity index (χ1v) is 13.2. The van der Waals surface area contributed by atoms with E-state index >= 15 is 0 Å². The van der Waals surface area contributed by atoms with Crippen LogP contribution in [0.15, 0.2) is 59.1 Å². The number of hydrogen-bond donors (Lipinski definition) is 1. The van der Waals surface area contributed by atoms with E-state index in [1.54, 1.807) is 24.3 Å². The number of aromatic nitrogens is 2. The number of ether oxygens (including phenoxy) is 1. The summed E-state index contributed by atoms with van der Waals surface area (Å²) < 4.78 is 11.9. The van der Waals surface area contributed by atoms with E-state index in [1.807, 2.05) is 42.2 Å². The van der Waals surface area contributed by atoms with Gasteiger partial charge in [0.2, 0.25) is 0 Å². The first-order chi connectivity index (χ1) is 17.8. The summed E-state index contributed by atoms with van der Waals surface area (Å²) in [7, 11) is 0. The maximum Gasteiger partial charge on any atom is 0.147 e. The molecule has 0 unspecified atom stereocenters. The lowest BCUT2D eigenvalue weighted by Crippen LogP contribution is -2.60. The highest BCUT2D eigenvalue weighted by Crippen LogP contribution is 2.46. The zero-order valence-corrected chi connectivity index (χ0v) is 22.3. The fourth-order valence-electron chi connectivity index (χ4n) is 4.79. The van der Waals surface area contributed by atoms with E-state index in [1.165, 1.54) is 0 Å². The SMILES string of the molecule is Cc1cccc(N2CC(O)(c3ccc(OCc4c(-c5c(Cl)cccc5Cl)noc4C4CC4)cc3Cl)C2)n1. The van der Waals surface area contributed by atoms with Gasteiger partial charge >= 0.3 is 0 Å². The van der Waals surface area contributed by atoms with E-state index in [4.69, 9.17) is 44.1 Å². The Labute approximate surface area is 229 Å². The van der Waals surface area contributed by atoms with Crippen LogP contribution < -0.4 is 9.64 Å². The minimum absolute atomic E-state index is 0.221. The van der Waals surface area contributed by atoms with Crippen molar-refractivity contribution in [1.82, 2.24) is 10.1 Å². The average molecular weight is 557 g/mol. The molecule has 1 saturated carbocycles. The number of pyridine rings is 1. The molecule has 190 valence electrons. The molecule has 0 spiro atoms. The van der Waals surface area contributed by atoms with Crippen LogP contribution in [0, 0.1) is 6.92 Å². The summed E-state index contributed by atoms with van der Waals surface area (Å²) in [6, 6.07) is 16.6. The summed E-state index contributed by atoms with van der Waals surface area (Å²) in [5.41, 5.74) is 2.60. The fourth-order valence-corrected chi connectivity index (χ4v) is 5.71. The molecule has 0 atom stereocenters. The molecule has 6 rings (SSSR count). The van der Waals surface area contributed by atoms with Gasteiger partial charge in [0, 0.05) is 22.7 Å². The van der Waals surface area contributed by atoms with E-state index in [2.05, 4.69) is 10.1 Å². The topological polar surface area (TPSA) is 71.6 Å². The van der Waals surface area contributed by atoms with Gasteiger partial charge in [-0.1, -0.05) is 58.2 Å². The normalized spacial score (nSPS) is 16.5. The number of hydrogen-bond acceptors (Lipinski definition) is 6. The summed E-state index contributed by atoms with van der Waals surface area (Å²) in [5, 5.41) is 17.0. The molecule has 1 N–H and O–H groups in total. The number of benzene rings is 2. The Balaban J connectivity index is 1.20. The van der Waals surface area contributed by atoms with Crippen LogP contribution in [0.2, 0.25) is 15.1 Å². The first-order valence-electron chi connectivity index (χ1n) is 12.1. The maximum atomic E-state index is 11.2. The van der Waals surface area contributed by atoms with Crippen LogP contribution in [0.3, 0.4) is 0 Å². The molecule has 3 heterocycles. The summed E-state index contributed by atoms with van der Waals surface area (Å²) in [6.45, 7) is 3.00. The van der Waals surface area contributed by atoms with Crippen molar-refractivity contribution < 1.29 is 14.4 Å². The molecule has 2 aliphatic rings. The fraction of sp³-hybridized carbons (Fsp3) is 0.286. The van der Waals surface area contributed by atoms with Crippen LogP contribution in [0.4, 0.5) is 5.82 Å². The Morgan fingerprint density at radius 3 is 2.43 bits per heavy atom. The zero-order chi connectivity index (χ0) is 25.7. The van der Waals surface area contributed by atoms with Crippen LogP contribution >= 0.6 is 34.8 Å². The van der Waals surface area contributed by atoms with E-state index in [0.29, 0.717) is 56.6 Å². The molecule has 0 bridgehead atoms. The Hall–Kier alpha value is -2.77. The Morgan fingerprint density at radius 2 is 1.76 bits per heavy atom. The number of rotatable bonds is 7. The second-order valence-corrected chi connectivity index (χ2v) is 10.9. The van der Waals surface area contributed by atoms with Crippen molar-refractivity contribution in [2.24, 2.45) is 0 Å². The summed E-state index contributed by atoms with van der Waals surface area (Å²) >= 11 is 19.5. The molecule has 2 aromatic carbocycles. The largest absolute Gasteiger partial charge is 0.489 e. The third-order valence-electron chi connectivity index (χ3n) is 6.89. The van der Waals surface area contributed by atoms with E-state index in [-0.39, 0.29) is 6.61 Å². The maximum absolute atomic E-state index is 11.2. The lowest BCUT2D eigenvalue weighted by Gasteiger charge is -2.47. The highest BCUT2D eigenvalue weighted by Gasteiger charge is 2.44. The molecule has 37 heavy (non-hydrogen) atoms. The molecule has 2 fully saturated rings. The Morgan fingerprint density at radius 1 is 1.03 bits per heavy atom. The molecule has 6 nitrogen and oxygen atoms in total. The monoisotopic (exact) mass is 555 g/mol. The predicted octanol–water partition coefficient (Wildman–Crippen LogP) is 7.17. The molecule has 1 aliphatic carbocycles. The second-order valence-electron chi connectivity index (χ2n) is 9.70. The van der Waals surface area contributed by atoms with Gasteiger partial charge in [-0.25, -0.2) is 4.98 Å². The van der Waals surface area contributed by atoms with Gasteiger partial charge in [0.15, 0.2) is 0 Å². The van der Waals surface area contributed by atoms with Crippen LogP contribution in [-0.2, 0) is 12.2 Å². The smallest absolute Gasteiger partial charge is 0.147 e. The molecular formula is C28H24Cl3N3O3. The van der Waals surface area contributed by atoms with E-state index in [0.717, 1.165) is 35.7 Å². The molecule has 9 heteroatoms. The van der Waals surface area contributed by atoms with Crippen molar-refractivity contribution in [3.63, 3.8) is 0 Å². The van der Waals surface area contributed by atoms with Crippen molar-refractivity contribution in [3.8, 4) is 17.0 Å². The zero-order valence-electron chi connectivity index (χ0n) is 20.0. The first kappa shape index (κ1) is 24.6. The van der Waals surface area contributed by atoms with Crippen molar-refractivity contribution >= 4 is 40.6 Å². The van der Waals surface area contributed by atoms with Gasteiger partial charge < -0.3 is 19.3 Å². The van der Waals surface area contributed by atoms with Crippen LogP contribution in [0.1, 0.15) is 41.3 Å². The van der Waals surface area contributed by atoms with Gasteiger partial charge in [-0.3, -0.25) is 0 Å². The molecule has 1 saturated heterocycles. The van der Waals surface area contributed by atoms with Crippen molar-refractivity contribution in [2.75, 3.05) is 18.0 Å².